The first-order valence-electron chi connectivity index (χ1n) is 13.0. The third kappa shape index (κ3) is 3.70. The second-order valence-electron chi connectivity index (χ2n) is 13.3. The molecular formula is C29H39ClN2O4. The second-order valence-corrected chi connectivity index (χ2v) is 13.7. The minimum Gasteiger partial charge on any atom is -0.469 e. The van der Waals surface area contributed by atoms with Crippen LogP contribution < -0.4 is 5.32 Å². The topological polar surface area (TPSA) is 67.9 Å². The van der Waals surface area contributed by atoms with Crippen molar-refractivity contribution in [2.24, 2.45) is 16.7 Å². The maximum Gasteiger partial charge on any atom is 0.322 e. The number of ether oxygens (including phenoxy) is 2. The zero-order valence-electron chi connectivity index (χ0n) is 22.6. The van der Waals surface area contributed by atoms with E-state index in [1.165, 1.54) is 7.11 Å². The number of aryl methyl sites for hydroxylation is 1. The van der Waals surface area contributed by atoms with Crippen molar-refractivity contribution in [1.29, 1.82) is 0 Å². The highest BCUT2D eigenvalue weighted by molar-refractivity contribution is 6.31. The number of methoxy groups -OCH3 is 1. The number of esters is 1. The molecule has 2 heterocycles. The largest absolute Gasteiger partial charge is 0.469 e. The molecule has 2 bridgehead atoms. The summed E-state index contributed by atoms with van der Waals surface area (Å²) < 4.78 is 11.4. The third-order valence-corrected chi connectivity index (χ3v) is 9.64. The summed E-state index contributed by atoms with van der Waals surface area (Å²) in [7, 11) is 1.44. The number of carbonyl (C=O) groups is 2. The first kappa shape index (κ1) is 25.6. The van der Waals surface area contributed by atoms with E-state index in [9.17, 15) is 9.59 Å². The number of halogens is 1. The minimum absolute atomic E-state index is 0.0515. The number of urea groups is 1. The van der Waals surface area contributed by atoms with Gasteiger partial charge >= 0.3 is 12.0 Å². The smallest absolute Gasteiger partial charge is 0.322 e. The first-order valence-corrected chi connectivity index (χ1v) is 13.4. The van der Waals surface area contributed by atoms with Crippen molar-refractivity contribution in [2.75, 3.05) is 13.7 Å². The van der Waals surface area contributed by atoms with Gasteiger partial charge in [-0.15, -0.1) is 0 Å². The molecule has 36 heavy (non-hydrogen) atoms. The molecule has 1 aromatic carbocycles. The molecule has 4 fully saturated rings. The standard InChI is InChI=1S/C29H39ClN2O4/c1-18-21-13-32(28-14-27(15-28,16-28)23(33)35-7)24(34)31-29(21,17-36-26(18,5)6)20-9-8-19(22(30)12-20)10-11-25(2,3)4/h8-9,12-13,18H,10-11,14-17H2,1-7H3,(H,31,34)/t18-,27?,28?,29?/m0/s1. The second kappa shape index (κ2) is 7.97. The maximum absolute atomic E-state index is 13.6. The lowest BCUT2D eigenvalue weighted by atomic mass is 9.38. The molecule has 3 aliphatic carbocycles. The Morgan fingerprint density at radius 1 is 1.25 bits per heavy atom. The van der Waals surface area contributed by atoms with E-state index in [1.54, 1.807) is 0 Å². The number of fused-ring (bicyclic) bond motifs is 1. The first-order chi connectivity index (χ1) is 16.7. The molecule has 5 aliphatic rings. The van der Waals surface area contributed by atoms with Crippen LogP contribution in [0.4, 0.5) is 4.79 Å². The molecule has 1 saturated heterocycles. The molecule has 2 amide bonds. The van der Waals surface area contributed by atoms with Crippen LogP contribution in [0, 0.1) is 16.7 Å². The van der Waals surface area contributed by atoms with Crippen molar-refractivity contribution < 1.29 is 19.1 Å². The predicted octanol–water partition coefficient (Wildman–Crippen LogP) is 5.96. The predicted molar refractivity (Wildman–Crippen MR) is 140 cm³/mol. The van der Waals surface area contributed by atoms with Gasteiger partial charge in [0.2, 0.25) is 0 Å². The van der Waals surface area contributed by atoms with Crippen LogP contribution in [0.25, 0.3) is 0 Å². The van der Waals surface area contributed by atoms with Crippen molar-refractivity contribution in [3.63, 3.8) is 0 Å². The van der Waals surface area contributed by atoms with Gasteiger partial charge in [0.1, 0.15) is 5.54 Å². The van der Waals surface area contributed by atoms with Crippen LogP contribution in [0.5, 0.6) is 0 Å². The molecule has 0 spiro atoms. The van der Waals surface area contributed by atoms with Crippen LogP contribution in [0.3, 0.4) is 0 Å². The molecule has 3 saturated carbocycles. The van der Waals surface area contributed by atoms with Crippen molar-refractivity contribution in [3.05, 3.63) is 46.1 Å². The van der Waals surface area contributed by atoms with Crippen molar-refractivity contribution >= 4 is 23.6 Å². The average molecular weight is 515 g/mol. The SMILES string of the molecule is COC(=O)C12CC(N3C=C4[C@H](C)C(C)(C)OCC4(c4ccc(CCC(C)(C)C)c(Cl)c4)NC3=O)(C1)C2. The van der Waals surface area contributed by atoms with Crippen molar-refractivity contribution in [3.8, 4) is 0 Å². The Balaban J connectivity index is 1.50. The fourth-order valence-electron chi connectivity index (χ4n) is 6.64. The van der Waals surface area contributed by atoms with Gasteiger partial charge < -0.3 is 14.8 Å². The van der Waals surface area contributed by atoms with Gasteiger partial charge in [0.25, 0.3) is 0 Å². The van der Waals surface area contributed by atoms with Gasteiger partial charge in [-0.1, -0.05) is 51.4 Å². The molecule has 1 N–H and O–H groups in total. The Hall–Kier alpha value is -2.05. The van der Waals surface area contributed by atoms with Crippen molar-refractivity contribution in [2.45, 2.75) is 90.3 Å². The highest BCUT2D eigenvalue weighted by Gasteiger charge is 2.76. The van der Waals surface area contributed by atoms with Gasteiger partial charge in [-0.2, -0.15) is 0 Å². The fraction of sp³-hybridized carbons (Fsp3) is 0.655. The Morgan fingerprint density at radius 2 is 1.92 bits per heavy atom. The molecular weight excluding hydrogens is 476 g/mol. The summed E-state index contributed by atoms with van der Waals surface area (Å²) in [6.45, 7) is 13.4. The van der Waals surface area contributed by atoms with E-state index < -0.39 is 11.0 Å². The normalized spacial score (nSPS) is 34.6. The number of hydrogen-bond donors (Lipinski definition) is 1. The summed E-state index contributed by atoms with van der Waals surface area (Å²) in [4.78, 5) is 27.7. The molecule has 6 nitrogen and oxygen atoms in total. The van der Waals surface area contributed by atoms with E-state index in [0.29, 0.717) is 25.9 Å². The van der Waals surface area contributed by atoms with Crippen LogP contribution in [-0.4, -0.2) is 41.8 Å². The lowest BCUT2D eigenvalue weighted by Gasteiger charge is -2.72. The molecule has 2 aliphatic heterocycles. The Labute approximate surface area is 219 Å². The molecule has 0 radical (unpaired) electrons. The Bertz CT molecular complexity index is 1130. The maximum atomic E-state index is 13.6. The van der Waals surface area contributed by atoms with E-state index in [2.05, 4.69) is 65.2 Å². The Morgan fingerprint density at radius 3 is 2.50 bits per heavy atom. The number of hydrogen-bond acceptors (Lipinski definition) is 4. The van der Waals surface area contributed by atoms with Gasteiger partial charge in [0.15, 0.2) is 0 Å². The average Bonchev–Trinajstić information content (AvgIpc) is 2.74. The van der Waals surface area contributed by atoms with Gasteiger partial charge in [-0.25, -0.2) is 4.79 Å². The quantitative estimate of drug-likeness (QED) is 0.492. The van der Waals surface area contributed by atoms with E-state index in [0.717, 1.165) is 34.6 Å². The van der Waals surface area contributed by atoms with Gasteiger partial charge in [0, 0.05) is 17.1 Å². The number of rotatable bonds is 5. The molecule has 196 valence electrons. The zero-order chi connectivity index (χ0) is 26.3. The number of amides is 2. The zero-order valence-corrected chi connectivity index (χ0v) is 23.3. The molecule has 6 rings (SSSR count). The fourth-order valence-corrected chi connectivity index (χ4v) is 6.92. The van der Waals surface area contributed by atoms with Gasteiger partial charge in [-0.05, 0) is 74.1 Å². The van der Waals surface area contributed by atoms with Crippen LogP contribution in [0.15, 0.2) is 30.0 Å². The molecule has 1 aromatic rings. The van der Waals surface area contributed by atoms with Crippen LogP contribution in [0.1, 0.15) is 78.4 Å². The molecule has 0 aromatic heterocycles. The number of nitrogens with zero attached hydrogens (tertiary/aromatic N) is 1. The molecule has 1 unspecified atom stereocenters. The summed E-state index contributed by atoms with van der Waals surface area (Å²) in [5.41, 5.74) is 1.51. The molecule has 7 heteroatoms. The Kier molecular flexibility index (Phi) is 5.67. The van der Waals surface area contributed by atoms with Crippen LogP contribution in [-0.2, 0) is 26.2 Å². The molecule has 2 atom stereocenters. The van der Waals surface area contributed by atoms with Gasteiger partial charge in [-0.3, -0.25) is 9.69 Å². The van der Waals surface area contributed by atoms with E-state index in [1.807, 2.05) is 11.0 Å². The summed E-state index contributed by atoms with van der Waals surface area (Å²) in [5, 5.41) is 4.06. The number of nitrogens with one attached hydrogen (secondary N) is 1. The lowest BCUT2D eigenvalue weighted by Crippen LogP contribution is -2.79. The minimum atomic E-state index is -0.779. The van der Waals surface area contributed by atoms with Gasteiger partial charge in [0.05, 0.1) is 30.3 Å². The lowest BCUT2D eigenvalue weighted by molar-refractivity contribution is -0.219. The summed E-state index contributed by atoms with van der Waals surface area (Å²) in [5.74, 6) is -0.110. The van der Waals surface area contributed by atoms with Crippen molar-refractivity contribution in [1.82, 2.24) is 10.2 Å². The number of benzene rings is 1. The summed E-state index contributed by atoms with van der Waals surface area (Å²) >= 11 is 6.80. The van der Waals surface area contributed by atoms with Crippen LogP contribution in [0.2, 0.25) is 5.02 Å². The third-order valence-electron chi connectivity index (χ3n) is 9.29. The highest BCUT2D eigenvalue weighted by Crippen LogP contribution is 2.71. The highest BCUT2D eigenvalue weighted by atomic mass is 35.5. The van der Waals surface area contributed by atoms with E-state index >= 15 is 0 Å². The summed E-state index contributed by atoms with van der Waals surface area (Å²) in [6.07, 6.45) is 5.95. The number of carbonyl (C=O) groups excluding carboxylic acids is 2. The summed E-state index contributed by atoms with van der Waals surface area (Å²) in [6, 6.07) is 6.04. The van der Waals surface area contributed by atoms with Crippen LogP contribution >= 0.6 is 11.6 Å². The van der Waals surface area contributed by atoms with E-state index in [4.69, 9.17) is 21.1 Å². The monoisotopic (exact) mass is 514 g/mol. The van der Waals surface area contributed by atoms with E-state index in [-0.39, 0.29) is 34.5 Å².